The van der Waals surface area contributed by atoms with Crippen LogP contribution in [0.3, 0.4) is 0 Å². The second kappa shape index (κ2) is 7.96. The van der Waals surface area contributed by atoms with Crippen molar-refractivity contribution in [2.45, 2.75) is 20.3 Å². The van der Waals surface area contributed by atoms with Crippen molar-refractivity contribution in [2.75, 3.05) is 21.9 Å². The van der Waals surface area contributed by atoms with Crippen molar-refractivity contribution in [3.05, 3.63) is 60.7 Å². The zero-order chi connectivity index (χ0) is 19.4. The molecule has 1 aliphatic rings. The number of benzene rings is 2. The lowest BCUT2D eigenvalue weighted by atomic mass is 10.0. The molecular weight excluding hydrogens is 360 g/mol. The van der Waals surface area contributed by atoms with Crippen molar-refractivity contribution in [1.29, 1.82) is 0 Å². The summed E-state index contributed by atoms with van der Waals surface area (Å²) in [5.41, 5.74) is 3.09. The summed E-state index contributed by atoms with van der Waals surface area (Å²) < 4.78 is 27.4. The van der Waals surface area contributed by atoms with Crippen LogP contribution in [0.15, 0.2) is 60.7 Å². The molecule has 0 radical (unpaired) electrons. The molecule has 2 aromatic rings. The minimum atomic E-state index is -3.41. The summed E-state index contributed by atoms with van der Waals surface area (Å²) >= 11 is 0. The molecule has 0 bridgehead atoms. The summed E-state index contributed by atoms with van der Waals surface area (Å²) in [4.78, 5) is 13.7. The Morgan fingerprint density at radius 1 is 1.07 bits per heavy atom. The highest BCUT2D eigenvalue weighted by molar-refractivity contribution is 7.92. The van der Waals surface area contributed by atoms with Crippen LogP contribution >= 0.6 is 0 Å². The van der Waals surface area contributed by atoms with Crippen LogP contribution in [0.2, 0.25) is 0 Å². The van der Waals surface area contributed by atoms with Gasteiger partial charge >= 0.3 is 0 Å². The molecule has 0 aromatic heterocycles. The highest BCUT2D eigenvalue weighted by Crippen LogP contribution is 2.30. The SMILES string of the molecule is CC(C)CS(=O)(=O)Nc1ccccc1-c1ccc(N2CCC=CC2=O)cc1. The van der Waals surface area contributed by atoms with Crippen molar-refractivity contribution in [3.8, 4) is 11.1 Å². The van der Waals surface area contributed by atoms with E-state index in [9.17, 15) is 13.2 Å². The van der Waals surface area contributed by atoms with Crippen LogP contribution in [-0.4, -0.2) is 26.6 Å². The van der Waals surface area contributed by atoms with Gasteiger partial charge < -0.3 is 4.90 Å². The molecular formula is C21H24N2O3S. The molecule has 1 heterocycles. The summed E-state index contributed by atoms with van der Waals surface area (Å²) in [7, 11) is -3.41. The lowest BCUT2D eigenvalue weighted by Gasteiger charge is -2.23. The van der Waals surface area contributed by atoms with Crippen molar-refractivity contribution in [3.63, 3.8) is 0 Å². The first kappa shape index (κ1) is 19.2. The number of sulfonamides is 1. The van der Waals surface area contributed by atoms with Crippen molar-refractivity contribution >= 4 is 27.3 Å². The number of amides is 1. The molecule has 0 spiro atoms. The van der Waals surface area contributed by atoms with E-state index in [0.717, 1.165) is 23.2 Å². The largest absolute Gasteiger partial charge is 0.309 e. The average Bonchev–Trinajstić information content (AvgIpc) is 2.61. The fraction of sp³-hybridized carbons (Fsp3) is 0.286. The van der Waals surface area contributed by atoms with Crippen LogP contribution < -0.4 is 9.62 Å². The topological polar surface area (TPSA) is 66.5 Å². The summed E-state index contributed by atoms with van der Waals surface area (Å²) in [5, 5.41) is 0. The van der Waals surface area contributed by atoms with Crippen LogP contribution in [0.1, 0.15) is 20.3 Å². The van der Waals surface area contributed by atoms with E-state index in [1.165, 1.54) is 0 Å². The number of anilines is 2. The van der Waals surface area contributed by atoms with Gasteiger partial charge in [-0.2, -0.15) is 0 Å². The standard InChI is InChI=1S/C21H24N2O3S/c1-16(2)15-27(25,26)22-20-8-4-3-7-19(20)17-10-12-18(13-11-17)23-14-6-5-9-21(23)24/h3-5,7-13,16,22H,6,14-15H2,1-2H3. The van der Waals surface area contributed by atoms with Crippen molar-refractivity contribution in [1.82, 2.24) is 0 Å². The number of rotatable bonds is 6. The van der Waals surface area contributed by atoms with E-state index in [1.54, 1.807) is 17.0 Å². The summed E-state index contributed by atoms with van der Waals surface area (Å²) in [6.07, 6.45) is 4.32. The third-order valence-electron chi connectivity index (χ3n) is 4.28. The first-order valence-electron chi connectivity index (χ1n) is 9.04. The molecule has 1 aliphatic heterocycles. The van der Waals surface area contributed by atoms with Gasteiger partial charge in [0, 0.05) is 17.8 Å². The Morgan fingerprint density at radius 2 is 1.78 bits per heavy atom. The van der Waals surface area contributed by atoms with E-state index < -0.39 is 10.0 Å². The van der Waals surface area contributed by atoms with Crippen molar-refractivity contribution in [2.24, 2.45) is 5.92 Å². The van der Waals surface area contributed by atoms with Gasteiger partial charge in [-0.3, -0.25) is 9.52 Å². The first-order chi connectivity index (χ1) is 12.9. The maximum absolute atomic E-state index is 12.3. The zero-order valence-corrected chi connectivity index (χ0v) is 16.4. The number of carbonyl (C=O) groups is 1. The van der Waals surface area contributed by atoms with Gasteiger partial charge in [-0.15, -0.1) is 0 Å². The quantitative estimate of drug-likeness (QED) is 0.817. The summed E-state index contributed by atoms with van der Waals surface area (Å²) in [5.74, 6) is 0.103. The third kappa shape index (κ3) is 4.77. The number of nitrogens with one attached hydrogen (secondary N) is 1. The van der Waals surface area contributed by atoms with Gasteiger partial charge in [0.05, 0.1) is 11.4 Å². The minimum Gasteiger partial charge on any atom is -0.309 e. The van der Waals surface area contributed by atoms with Gasteiger partial charge in [-0.05, 0) is 42.2 Å². The molecule has 0 atom stereocenters. The van der Waals surface area contributed by atoms with Gasteiger partial charge in [0.15, 0.2) is 0 Å². The van der Waals surface area contributed by atoms with E-state index in [1.807, 2.05) is 62.4 Å². The highest BCUT2D eigenvalue weighted by atomic mass is 32.2. The van der Waals surface area contributed by atoms with E-state index in [2.05, 4.69) is 4.72 Å². The molecule has 0 aliphatic carbocycles. The lowest BCUT2D eigenvalue weighted by Crippen LogP contribution is -2.32. The number of carbonyl (C=O) groups excluding carboxylic acids is 1. The highest BCUT2D eigenvalue weighted by Gasteiger charge is 2.17. The fourth-order valence-electron chi connectivity index (χ4n) is 3.14. The van der Waals surface area contributed by atoms with Crippen LogP contribution in [0.25, 0.3) is 11.1 Å². The number of hydrogen-bond acceptors (Lipinski definition) is 3. The Balaban J connectivity index is 1.87. The van der Waals surface area contributed by atoms with Gasteiger partial charge in [-0.25, -0.2) is 8.42 Å². The van der Waals surface area contributed by atoms with Gasteiger partial charge in [0.1, 0.15) is 0 Å². The molecule has 0 saturated heterocycles. The Hall–Kier alpha value is -2.60. The number of hydrogen-bond donors (Lipinski definition) is 1. The second-order valence-corrected chi connectivity index (χ2v) is 8.82. The Morgan fingerprint density at radius 3 is 2.44 bits per heavy atom. The molecule has 1 amide bonds. The monoisotopic (exact) mass is 384 g/mol. The van der Waals surface area contributed by atoms with Crippen LogP contribution in [0.4, 0.5) is 11.4 Å². The third-order valence-corrected chi connectivity index (χ3v) is 5.92. The first-order valence-corrected chi connectivity index (χ1v) is 10.7. The van der Waals surface area contributed by atoms with Gasteiger partial charge in [-0.1, -0.05) is 50.3 Å². The predicted octanol–water partition coefficient (Wildman–Crippen LogP) is 4.04. The lowest BCUT2D eigenvalue weighted by molar-refractivity contribution is -0.114. The molecule has 2 aromatic carbocycles. The van der Waals surface area contributed by atoms with Crippen LogP contribution in [-0.2, 0) is 14.8 Å². The molecule has 0 unspecified atom stereocenters. The maximum Gasteiger partial charge on any atom is 0.250 e. The minimum absolute atomic E-state index is 0.0177. The van der Waals surface area contributed by atoms with E-state index in [4.69, 9.17) is 0 Å². The van der Waals surface area contributed by atoms with E-state index in [-0.39, 0.29) is 17.6 Å². The molecule has 5 nitrogen and oxygen atoms in total. The second-order valence-electron chi connectivity index (χ2n) is 7.05. The molecule has 142 valence electrons. The Labute approximate surface area is 160 Å². The van der Waals surface area contributed by atoms with Gasteiger partial charge in [0.25, 0.3) is 5.91 Å². The molecule has 6 heteroatoms. The Kier molecular flexibility index (Phi) is 5.65. The summed E-state index contributed by atoms with van der Waals surface area (Å²) in [6.45, 7) is 4.42. The molecule has 1 N–H and O–H groups in total. The van der Waals surface area contributed by atoms with Gasteiger partial charge in [0.2, 0.25) is 10.0 Å². The predicted molar refractivity (Wildman–Crippen MR) is 110 cm³/mol. The smallest absolute Gasteiger partial charge is 0.250 e. The molecule has 0 fully saturated rings. The fourth-order valence-corrected chi connectivity index (χ4v) is 4.61. The Bertz CT molecular complexity index is 948. The van der Waals surface area contributed by atoms with Crippen molar-refractivity contribution < 1.29 is 13.2 Å². The summed E-state index contributed by atoms with van der Waals surface area (Å²) in [6, 6.07) is 15.0. The number of nitrogens with zero attached hydrogens (tertiary/aromatic N) is 1. The normalized spacial score (nSPS) is 14.6. The zero-order valence-electron chi connectivity index (χ0n) is 15.6. The molecule has 27 heavy (non-hydrogen) atoms. The number of para-hydroxylation sites is 1. The van der Waals surface area contributed by atoms with E-state index in [0.29, 0.717) is 12.2 Å². The van der Waals surface area contributed by atoms with Crippen LogP contribution in [0.5, 0.6) is 0 Å². The maximum atomic E-state index is 12.3. The molecule has 0 saturated carbocycles. The average molecular weight is 385 g/mol. The van der Waals surface area contributed by atoms with E-state index >= 15 is 0 Å². The van der Waals surface area contributed by atoms with Crippen LogP contribution in [0, 0.1) is 5.92 Å². The molecule has 3 rings (SSSR count).